The molecule has 2 saturated heterocycles. The topological polar surface area (TPSA) is 86.8 Å². The van der Waals surface area contributed by atoms with Crippen LogP contribution in [0.3, 0.4) is 0 Å². The Bertz CT molecular complexity index is 874. The van der Waals surface area contributed by atoms with Gasteiger partial charge in [-0.1, -0.05) is 18.9 Å². The second-order valence-electron chi connectivity index (χ2n) is 8.33. The molecule has 0 spiro atoms. The van der Waals surface area contributed by atoms with Crippen molar-refractivity contribution in [1.29, 1.82) is 0 Å². The van der Waals surface area contributed by atoms with Crippen molar-refractivity contribution < 1.29 is 18.0 Å². The molecule has 0 radical (unpaired) electrons. The molecule has 1 aromatic rings. The molecule has 0 aromatic heterocycles. The van der Waals surface area contributed by atoms with Crippen LogP contribution in [0, 0.1) is 12.8 Å². The number of aryl methyl sites for hydroxylation is 1. The van der Waals surface area contributed by atoms with Crippen molar-refractivity contribution >= 4 is 27.5 Å². The number of benzene rings is 1. The van der Waals surface area contributed by atoms with E-state index in [0.717, 1.165) is 25.7 Å². The van der Waals surface area contributed by atoms with E-state index in [1.165, 1.54) is 0 Å². The molecule has 1 unspecified atom stereocenters. The average molecular weight is 422 g/mol. The zero-order valence-electron chi connectivity index (χ0n) is 17.5. The second-order valence-corrected chi connectivity index (χ2v) is 10.2. The minimum atomic E-state index is -3.60. The van der Waals surface area contributed by atoms with E-state index in [1.807, 2.05) is 13.8 Å². The van der Waals surface area contributed by atoms with E-state index in [-0.39, 0.29) is 29.2 Å². The Morgan fingerprint density at radius 3 is 2.38 bits per heavy atom. The van der Waals surface area contributed by atoms with Gasteiger partial charge in [-0.15, -0.1) is 0 Å². The number of nitrogens with zero attached hydrogens (tertiary/aromatic N) is 2. The van der Waals surface area contributed by atoms with Crippen molar-refractivity contribution in [3.63, 3.8) is 0 Å². The molecule has 29 heavy (non-hydrogen) atoms. The van der Waals surface area contributed by atoms with Crippen molar-refractivity contribution in [3.05, 3.63) is 23.8 Å². The summed E-state index contributed by atoms with van der Waals surface area (Å²) in [4.78, 5) is 26.7. The monoisotopic (exact) mass is 421 g/mol. The Balaban J connectivity index is 1.77. The van der Waals surface area contributed by atoms with E-state index in [2.05, 4.69) is 5.32 Å². The van der Waals surface area contributed by atoms with Crippen molar-refractivity contribution in [2.45, 2.75) is 63.8 Å². The molecule has 8 heteroatoms. The molecule has 3 rings (SSSR count). The van der Waals surface area contributed by atoms with Crippen LogP contribution in [0.4, 0.5) is 5.69 Å². The number of hydrogen-bond donors (Lipinski definition) is 1. The number of carbonyl (C=O) groups excluding carboxylic acids is 2. The van der Waals surface area contributed by atoms with Crippen LogP contribution >= 0.6 is 0 Å². The molecule has 1 N–H and O–H groups in total. The van der Waals surface area contributed by atoms with Gasteiger partial charge in [-0.25, -0.2) is 8.42 Å². The van der Waals surface area contributed by atoms with Gasteiger partial charge in [-0.3, -0.25) is 9.59 Å². The molecule has 2 aliphatic rings. The van der Waals surface area contributed by atoms with Gasteiger partial charge in [0.1, 0.15) is 0 Å². The molecule has 1 aromatic carbocycles. The maximum Gasteiger partial charge on any atom is 0.243 e. The van der Waals surface area contributed by atoms with E-state index < -0.39 is 15.9 Å². The zero-order chi connectivity index (χ0) is 21.2. The number of sulfonamides is 1. The Labute approximate surface area is 173 Å². The standard InChI is InChI=1S/C21H31N3O4S/c1-15(2)24-14-17(12-20(24)25)21(26)22-18-9-8-16(3)19(13-18)29(27,28)23-10-6-4-5-7-11-23/h8-9,13,15,17H,4-7,10-12,14H2,1-3H3,(H,22,26). The average Bonchev–Trinajstić information content (AvgIpc) is 2.87. The highest BCUT2D eigenvalue weighted by molar-refractivity contribution is 7.89. The summed E-state index contributed by atoms with van der Waals surface area (Å²) in [5.74, 6) is -0.686. The van der Waals surface area contributed by atoms with Crippen LogP contribution in [0.1, 0.15) is 51.5 Å². The summed E-state index contributed by atoms with van der Waals surface area (Å²) in [5, 5.41) is 2.82. The predicted octanol–water partition coefficient (Wildman–Crippen LogP) is 2.76. The van der Waals surface area contributed by atoms with E-state index >= 15 is 0 Å². The summed E-state index contributed by atoms with van der Waals surface area (Å²) >= 11 is 0. The van der Waals surface area contributed by atoms with E-state index in [0.29, 0.717) is 30.9 Å². The molecule has 2 heterocycles. The molecule has 0 saturated carbocycles. The SMILES string of the molecule is Cc1ccc(NC(=O)C2CC(=O)N(C(C)C)C2)cc1S(=O)(=O)N1CCCCCC1. The molecule has 2 aliphatic heterocycles. The summed E-state index contributed by atoms with van der Waals surface area (Å²) < 4.78 is 27.9. The van der Waals surface area contributed by atoms with Crippen molar-refractivity contribution in [2.24, 2.45) is 5.92 Å². The van der Waals surface area contributed by atoms with Crippen LogP contribution < -0.4 is 5.32 Å². The van der Waals surface area contributed by atoms with Gasteiger partial charge in [0, 0.05) is 37.8 Å². The fraction of sp³-hybridized carbons (Fsp3) is 0.619. The molecular formula is C21H31N3O4S. The summed E-state index contributed by atoms with van der Waals surface area (Å²) in [5.41, 5.74) is 1.11. The van der Waals surface area contributed by atoms with Gasteiger partial charge in [0.25, 0.3) is 0 Å². The van der Waals surface area contributed by atoms with Crippen LogP contribution in [-0.4, -0.2) is 55.1 Å². The molecular weight excluding hydrogens is 390 g/mol. The van der Waals surface area contributed by atoms with Crippen molar-refractivity contribution in [3.8, 4) is 0 Å². The van der Waals surface area contributed by atoms with Gasteiger partial charge in [0.05, 0.1) is 10.8 Å². The first-order valence-corrected chi connectivity index (χ1v) is 11.9. The first-order chi connectivity index (χ1) is 13.7. The normalized spacial score (nSPS) is 21.4. The first-order valence-electron chi connectivity index (χ1n) is 10.4. The third kappa shape index (κ3) is 4.80. The van der Waals surface area contributed by atoms with E-state index in [4.69, 9.17) is 0 Å². The lowest BCUT2D eigenvalue weighted by Crippen LogP contribution is -2.33. The number of rotatable bonds is 5. The minimum Gasteiger partial charge on any atom is -0.339 e. The van der Waals surface area contributed by atoms with E-state index in [9.17, 15) is 18.0 Å². The first kappa shape index (κ1) is 21.8. The molecule has 7 nitrogen and oxygen atoms in total. The number of amides is 2. The molecule has 2 fully saturated rings. The number of carbonyl (C=O) groups is 2. The number of hydrogen-bond acceptors (Lipinski definition) is 4. The number of likely N-dealkylation sites (tertiary alicyclic amines) is 1. The molecule has 2 amide bonds. The van der Waals surface area contributed by atoms with Gasteiger partial charge < -0.3 is 10.2 Å². The van der Waals surface area contributed by atoms with Crippen molar-refractivity contribution in [2.75, 3.05) is 25.0 Å². The Kier molecular flexibility index (Phi) is 6.63. The number of anilines is 1. The van der Waals surface area contributed by atoms with Gasteiger partial charge in [0.2, 0.25) is 21.8 Å². The fourth-order valence-electron chi connectivity index (χ4n) is 4.03. The quantitative estimate of drug-likeness (QED) is 0.792. The lowest BCUT2D eigenvalue weighted by atomic mass is 10.1. The minimum absolute atomic E-state index is 0.0199. The van der Waals surface area contributed by atoms with Gasteiger partial charge in [-0.05, 0) is 51.3 Å². The molecule has 0 bridgehead atoms. The summed E-state index contributed by atoms with van der Waals surface area (Å²) in [6.07, 6.45) is 4.03. The predicted molar refractivity (Wildman–Crippen MR) is 112 cm³/mol. The summed E-state index contributed by atoms with van der Waals surface area (Å²) in [6, 6.07) is 5.04. The maximum atomic E-state index is 13.2. The molecule has 1 atom stereocenters. The second kappa shape index (κ2) is 8.83. The lowest BCUT2D eigenvalue weighted by Gasteiger charge is -2.22. The zero-order valence-corrected chi connectivity index (χ0v) is 18.3. The molecule has 0 aliphatic carbocycles. The third-order valence-corrected chi connectivity index (χ3v) is 7.83. The fourth-order valence-corrected chi connectivity index (χ4v) is 5.80. The van der Waals surface area contributed by atoms with E-state index in [1.54, 1.807) is 34.3 Å². The van der Waals surface area contributed by atoms with Crippen LogP contribution in [0.2, 0.25) is 0 Å². The maximum absolute atomic E-state index is 13.2. The highest BCUT2D eigenvalue weighted by atomic mass is 32.2. The Hall–Kier alpha value is -1.93. The summed E-state index contributed by atoms with van der Waals surface area (Å²) in [6.45, 7) is 7.09. The Morgan fingerprint density at radius 2 is 1.79 bits per heavy atom. The van der Waals surface area contributed by atoms with Crippen LogP contribution in [-0.2, 0) is 19.6 Å². The largest absolute Gasteiger partial charge is 0.339 e. The van der Waals surface area contributed by atoms with Gasteiger partial charge in [0.15, 0.2) is 0 Å². The van der Waals surface area contributed by atoms with Crippen LogP contribution in [0.25, 0.3) is 0 Å². The van der Waals surface area contributed by atoms with Crippen molar-refractivity contribution in [1.82, 2.24) is 9.21 Å². The van der Waals surface area contributed by atoms with Gasteiger partial charge >= 0.3 is 0 Å². The summed E-state index contributed by atoms with van der Waals surface area (Å²) in [7, 11) is -3.60. The van der Waals surface area contributed by atoms with Crippen LogP contribution in [0.5, 0.6) is 0 Å². The lowest BCUT2D eigenvalue weighted by molar-refractivity contribution is -0.129. The number of nitrogens with one attached hydrogen (secondary N) is 1. The third-order valence-electron chi connectivity index (χ3n) is 5.79. The molecule has 160 valence electrons. The highest BCUT2D eigenvalue weighted by Crippen LogP contribution is 2.27. The highest BCUT2D eigenvalue weighted by Gasteiger charge is 2.35. The Morgan fingerprint density at radius 1 is 1.14 bits per heavy atom. The smallest absolute Gasteiger partial charge is 0.243 e. The van der Waals surface area contributed by atoms with Crippen LogP contribution in [0.15, 0.2) is 23.1 Å². The van der Waals surface area contributed by atoms with Gasteiger partial charge in [-0.2, -0.15) is 4.31 Å².